The summed E-state index contributed by atoms with van der Waals surface area (Å²) < 4.78 is 12.9. The second-order valence-corrected chi connectivity index (χ2v) is 8.36. The quantitative estimate of drug-likeness (QED) is 0.640. The highest BCUT2D eigenvalue weighted by Gasteiger charge is 2.26. The summed E-state index contributed by atoms with van der Waals surface area (Å²) >= 11 is 0. The summed E-state index contributed by atoms with van der Waals surface area (Å²) in [5.74, 6) is 2.00. The van der Waals surface area contributed by atoms with Crippen LogP contribution in [0.2, 0.25) is 0 Å². The Morgan fingerprint density at radius 1 is 1.26 bits per heavy atom. The summed E-state index contributed by atoms with van der Waals surface area (Å²) in [4.78, 5) is 19.9. The minimum atomic E-state index is -0.428. The number of morpholine rings is 1. The number of imidazole rings is 1. The van der Waals surface area contributed by atoms with E-state index in [-0.39, 0.29) is 12.1 Å². The Morgan fingerprint density at radius 3 is 2.65 bits per heavy atom. The van der Waals surface area contributed by atoms with Crippen LogP contribution in [-0.4, -0.2) is 66.5 Å². The van der Waals surface area contributed by atoms with Gasteiger partial charge in [0.25, 0.3) is 0 Å². The number of nitrogens with zero attached hydrogens (tertiary/aromatic N) is 3. The van der Waals surface area contributed by atoms with E-state index in [4.69, 9.17) is 9.47 Å². The van der Waals surface area contributed by atoms with Crippen LogP contribution >= 0.6 is 0 Å². The third-order valence-electron chi connectivity index (χ3n) is 5.65. The maximum Gasteiger partial charge on any atom is 0.315 e. The van der Waals surface area contributed by atoms with Crippen molar-refractivity contribution in [2.45, 2.75) is 32.4 Å². The number of carbonyl (C=O) groups is 1. The van der Waals surface area contributed by atoms with Gasteiger partial charge in [-0.15, -0.1) is 0 Å². The monoisotopic (exact) mass is 429 g/mol. The number of aryl methyl sites for hydroxylation is 1. The van der Waals surface area contributed by atoms with Crippen LogP contribution in [0.5, 0.6) is 5.75 Å². The van der Waals surface area contributed by atoms with Crippen molar-refractivity contribution in [3.8, 4) is 5.75 Å². The van der Waals surface area contributed by atoms with E-state index >= 15 is 0 Å². The van der Waals surface area contributed by atoms with Gasteiger partial charge in [-0.05, 0) is 18.4 Å². The van der Waals surface area contributed by atoms with Crippen LogP contribution in [-0.2, 0) is 11.8 Å². The Kier molecular flexibility index (Phi) is 8.31. The molecule has 0 bridgehead atoms. The molecule has 170 valence electrons. The van der Waals surface area contributed by atoms with E-state index in [1.165, 1.54) is 0 Å². The van der Waals surface area contributed by atoms with Crippen LogP contribution in [0.15, 0.2) is 36.7 Å². The van der Waals surface area contributed by atoms with Crippen molar-refractivity contribution < 1.29 is 14.3 Å². The van der Waals surface area contributed by atoms with Gasteiger partial charge in [0, 0.05) is 50.7 Å². The number of amides is 2. The molecule has 31 heavy (non-hydrogen) atoms. The Balaban J connectivity index is 1.72. The largest absolute Gasteiger partial charge is 0.496 e. The Bertz CT molecular complexity index is 832. The number of nitrogens with one attached hydrogen (secondary N) is 2. The van der Waals surface area contributed by atoms with E-state index in [0.717, 1.165) is 44.1 Å². The summed E-state index contributed by atoms with van der Waals surface area (Å²) in [6, 6.07) is 7.33. The van der Waals surface area contributed by atoms with Crippen LogP contribution < -0.4 is 15.4 Å². The number of hydrogen-bond acceptors (Lipinski definition) is 5. The van der Waals surface area contributed by atoms with Gasteiger partial charge in [-0.3, -0.25) is 4.90 Å². The summed E-state index contributed by atoms with van der Waals surface area (Å²) in [7, 11) is 3.55. The van der Waals surface area contributed by atoms with E-state index in [0.29, 0.717) is 18.2 Å². The van der Waals surface area contributed by atoms with Crippen molar-refractivity contribution in [1.82, 2.24) is 25.1 Å². The Morgan fingerprint density at radius 2 is 2.00 bits per heavy atom. The molecule has 1 aliphatic heterocycles. The van der Waals surface area contributed by atoms with E-state index in [9.17, 15) is 4.79 Å². The molecule has 1 aromatic carbocycles. The molecule has 8 nitrogen and oxygen atoms in total. The number of hydrogen-bond donors (Lipinski definition) is 2. The molecular weight excluding hydrogens is 394 g/mol. The van der Waals surface area contributed by atoms with Gasteiger partial charge < -0.3 is 24.7 Å². The molecule has 2 unspecified atom stereocenters. The minimum Gasteiger partial charge on any atom is -0.496 e. The molecule has 2 N–H and O–H groups in total. The van der Waals surface area contributed by atoms with Gasteiger partial charge in [0.1, 0.15) is 17.6 Å². The van der Waals surface area contributed by atoms with Crippen LogP contribution in [0.3, 0.4) is 0 Å². The highest BCUT2D eigenvalue weighted by Crippen LogP contribution is 2.28. The van der Waals surface area contributed by atoms with E-state index in [1.54, 1.807) is 13.3 Å². The highest BCUT2D eigenvalue weighted by atomic mass is 16.5. The standard InChI is InChI=1S/C23H35N5O3/c1-17(2)15-18(28-11-13-31-14-12-28)16-25-23(29)26-21(22-24-9-10-27(22)3)19-7-5-6-8-20(19)30-4/h5-10,17-18,21H,11-16H2,1-4H3,(H2,25,26,29). The van der Waals surface area contributed by atoms with Crippen molar-refractivity contribution in [2.24, 2.45) is 13.0 Å². The SMILES string of the molecule is COc1ccccc1C(NC(=O)NCC(CC(C)C)N1CCOCC1)c1nccn1C. The van der Waals surface area contributed by atoms with Gasteiger partial charge in [-0.25, -0.2) is 9.78 Å². The summed E-state index contributed by atoms with van der Waals surface area (Å²) in [5.41, 5.74) is 0.862. The van der Waals surface area contributed by atoms with Crippen LogP contribution in [0.1, 0.15) is 37.7 Å². The van der Waals surface area contributed by atoms with Crippen LogP contribution in [0, 0.1) is 5.92 Å². The number of urea groups is 1. The van der Waals surface area contributed by atoms with E-state index in [1.807, 2.05) is 42.1 Å². The van der Waals surface area contributed by atoms with Crippen molar-refractivity contribution >= 4 is 6.03 Å². The van der Waals surface area contributed by atoms with Crippen molar-refractivity contribution in [1.29, 1.82) is 0 Å². The predicted molar refractivity (Wildman–Crippen MR) is 120 cm³/mol. The molecule has 2 aromatic rings. The molecule has 8 heteroatoms. The van der Waals surface area contributed by atoms with Gasteiger partial charge in [0.05, 0.1) is 20.3 Å². The van der Waals surface area contributed by atoms with Gasteiger partial charge in [0.2, 0.25) is 0 Å². The average molecular weight is 430 g/mol. The maximum absolute atomic E-state index is 13.0. The molecule has 0 aliphatic carbocycles. The zero-order chi connectivity index (χ0) is 22.2. The lowest BCUT2D eigenvalue weighted by Gasteiger charge is -2.35. The first-order valence-electron chi connectivity index (χ1n) is 11.0. The molecule has 3 rings (SSSR count). The second kappa shape index (κ2) is 11.2. The molecule has 0 spiro atoms. The fraction of sp³-hybridized carbons (Fsp3) is 0.565. The average Bonchev–Trinajstić information content (AvgIpc) is 3.21. The number of carbonyl (C=O) groups excluding carboxylic acids is 1. The number of rotatable bonds is 9. The normalized spacial score (nSPS) is 16.7. The first-order valence-corrected chi connectivity index (χ1v) is 11.0. The molecule has 1 aliphatic rings. The van der Waals surface area contributed by atoms with Crippen LogP contribution in [0.25, 0.3) is 0 Å². The second-order valence-electron chi connectivity index (χ2n) is 8.36. The molecular formula is C23H35N5O3. The summed E-state index contributed by atoms with van der Waals surface area (Å²) in [6.45, 7) is 8.31. The third kappa shape index (κ3) is 6.21. The summed E-state index contributed by atoms with van der Waals surface area (Å²) in [5, 5.41) is 6.20. The first kappa shape index (κ1) is 23.1. The van der Waals surface area contributed by atoms with E-state index < -0.39 is 6.04 Å². The van der Waals surface area contributed by atoms with Crippen LogP contribution in [0.4, 0.5) is 4.79 Å². The van der Waals surface area contributed by atoms with Gasteiger partial charge in [-0.1, -0.05) is 32.0 Å². The van der Waals surface area contributed by atoms with Gasteiger partial charge in [-0.2, -0.15) is 0 Å². The Labute approximate surface area is 184 Å². The number of benzene rings is 1. The topological polar surface area (TPSA) is 80.7 Å². The lowest BCUT2D eigenvalue weighted by Crippen LogP contribution is -2.51. The lowest BCUT2D eigenvalue weighted by molar-refractivity contribution is 0.0129. The number of ether oxygens (including phenoxy) is 2. The smallest absolute Gasteiger partial charge is 0.315 e. The maximum atomic E-state index is 13.0. The predicted octanol–water partition coefficient (Wildman–Crippen LogP) is 2.56. The van der Waals surface area contributed by atoms with E-state index in [2.05, 4.69) is 34.4 Å². The van der Waals surface area contributed by atoms with Gasteiger partial charge in [0.15, 0.2) is 0 Å². The Hall–Kier alpha value is -2.58. The van der Waals surface area contributed by atoms with Gasteiger partial charge >= 0.3 is 6.03 Å². The number of methoxy groups -OCH3 is 1. The first-order chi connectivity index (χ1) is 15.0. The molecule has 0 radical (unpaired) electrons. The van der Waals surface area contributed by atoms with Crippen molar-refractivity contribution in [3.05, 3.63) is 48.0 Å². The lowest BCUT2D eigenvalue weighted by atomic mass is 10.0. The number of para-hydroxylation sites is 1. The minimum absolute atomic E-state index is 0.221. The zero-order valence-electron chi connectivity index (χ0n) is 19.0. The molecule has 1 fully saturated rings. The fourth-order valence-electron chi connectivity index (χ4n) is 4.08. The molecule has 1 saturated heterocycles. The number of aromatic nitrogens is 2. The summed E-state index contributed by atoms with van der Waals surface area (Å²) in [6.07, 6.45) is 4.62. The third-order valence-corrected chi connectivity index (χ3v) is 5.65. The van der Waals surface area contributed by atoms with Crippen molar-refractivity contribution in [3.63, 3.8) is 0 Å². The molecule has 1 aromatic heterocycles. The molecule has 2 heterocycles. The fourth-order valence-corrected chi connectivity index (χ4v) is 4.08. The van der Waals surface area contributed by atoms with Crippen molar-refractivity contribution in [2.75, 3.05) is 40.0 Å². The molecule has 2 amide bonds. The highest BCUT2D eigenvalue weighted by molar-refractivity contribution is 5.75. The molecule has 2 atom stereocenters. The zero-order valence-corrected chi connectivity index (χ0v) is 19.0. The molecule has 0 saturated carbocycles.